The molecule has 9 nitrogen and oxygen atoms in total. The van der Waals surface area contributed by atoms with Crippen molar-refractivity contribution in [2.75, 3.05) is 65.9 Å². The summed E-state index contributed by atoms with van der Waals surface area (Å²) in [5, 5.41) is 0. The molecule has 0 aliphatic carbocycles. The van der Waals surface area contributed by atoms with Crippen molar-refractivity contribution in [2.45, 2.75) is 31.7 Å². The van der Waals surface area contributed by atoms with Crippen LogP contribution in [0.2, 0.25) is 0 Å². The Hall–Kier alpha value is -0.300. The molecule has 0 aliphatic rings. The number of hydrogen-bond donors (Lipinski definition) is 1. The van der Waals surface area contributed by atoms with E-state index >= 15 is 0 Å². The van der Waals surface area contributed by atoms with E-state index in [0.717, 1.165) is 25.9 Å². The summed E-state index contributed by atoms with van der Waals surface area (Å²) in [4.78, 5) is 0. The van der Waals surface area contributed by atoms with Gasteiger partial charge in [0.25, 0.3) is 0 Å². The summed E-state index contributed by atoms with van der Waals surface area (Å²) in [6.07, 6.45) is 2.21. The van der Waals surface area contributed by atoms with Gasteiger partial charge in [-0.05, 0) is 0 Å². The predicted octanol–water partition coefficient (Wildman–Crippen LogP) is -0.883. The zero-order valence-corrected chi connectivity index (χ0v) is 18.0. The van der Waals surface area contributed by atoms with Crippen LogP contribution in [-0.4, -0.2) is 107 Å². The van der Waals surface area contributed by atoms with Crippen molar-refractivity contribution in [1.82, 2.24) is 0 Å². The van der Waals surface area contributed by atoms with Gasteiger partial charge in [-0.2, -0.15) is 0 Å². The first-order valence-electron chi connectivity index (χ1n) is 8.78. The summed E-state index contributed by atoms with van der Waals surface area (Å²) in [6, 6.07) is -0.0173. The van der Waals surface area contributed by atoms with E-state index in [-0.39, 0.29) is 17.5 Å². The Morgan fingerprint density at radius 3 is 1.31 bits per heavy atom. The van der Waals surface area contributed by atoms with Gasteiger partial charge in [0, 0.05) is 43.2 Å². The van der Waals surface area contributed by atoms with E-state index in [9.17, 15) is 25.9 Å². The minimum atomic E-state index is -4.16. The van der Waals surface area contributed by atoms with E-state index in [1.807, 2.05) is 28.2 Å². The molecular formula is C15H35N3O6S2. The highest BCUT2D eigenvalue weighted by Crippen LogP contribution is 2.09. The molecule has 0 fully saturated rings. The molecule has 0 bridgehead atoms. The molecule has 11 heteroatoms. The second-order valence-corrected chi connectivity index (χ2v) is 11.4. The van der Waals surface area contributed by atoms with Gasteiger partial charge >= 0.3 is 0 Å². The molecule has 0 aromatic rings. The second-order valence-electron chi connectivity index (χ2n) is 8.33. The number of nitrogens with zero attached hydrogens (tertiary/aromatic N) is 2. The summed E-state index contributed by atoms with van der Waals surface area (Å²) in [5.41, 5.74) is 6.17. The van der Waals surface area contributed by atoms with Gasteiger partial charge < -0.3 is 23.8 Å². The molecule has 0 rings (SSSR count). The van der Waals surface area contributed by atoms with Gasteiger partial charge in [-0.25, -0.2) is 16.8 Å². The van der Waals surface area contributed by atoms with Gasteiger partial charge in [0.15, 0.2) is 0 Å². The number of quaternary nitrogens is 2. The van der Waals surface area contributed by atoms with Crippen LogP contribution >= 0.6 is 0 Å². The molecule has 158 valence electrons. The monoisotopic (exact) mass is 417 g/mol. The average molecular weight is 418 g/mol. The first kappa shape index (κ1) is 25.7. The molecule has 0 amide bonds. The number of hydrogen-bond acceptors (Lipinski definition) is 7. The highest BCUT2D eigenvalue weighted by atomic mass is 32.2. The zero-order valence-electron chi connectivity index (χ0n) is 16.4. The largest absolute Gasteiger partial charge is 0.748 e. The third-order valence-electron chi connectivity index (χ3n) is 4.53. The lowest BCUT2D eigenvalue weighted by Gasteiger charge is -2.33. The smallest absolute Gasteiger partial charge is 0.0948 e. The molecule has 0 aromatic heterocycles. The predicted molar refractivity (Wildman–Crippen MR) is 99.3 cm³/mol. The molecule has 0 aromatic carbocycles. The van der Waals surface area contributed by atoms with Crippen molar-refractivity contribution in [3.05, 3.63) is 0 Å². The van der Waals surface area contributed by atoms with Crippen LogP contribution in [0.25, 0.3) is 0 Å². The Morgan fingerprint density at radius 2 is 1.04 bits per heavy atom. The number of nitrogens with two attached hydrogens (primary N) is 1. The normalized spacial score (nSPS) is 14.2. The topological polar surface area (TPSA) is 140 Å². The fraction of sp³-hybridized carbons (Fsp3) is 1.00. The third kappa shape index (κ3) is 15.9. The third-order valence-corrected chi connectivity index (χ3v) is 6.10. The van der Waals surface area contributed by atoms with Crippen LogP contribution in [0.1, 0.15) is 25.7 Å². The van der Waals surface area contributed by atoms with Gasteiger partial charge in [0.2, 0.25) is 0 Å². The van der Waals surface area contributed by atoms with Crippen molar-refractivity contribution in [2.24, 2.45) is 5.73 Å². The first-order valence-corrected chi connectivity index (χ1v) is 11.9. The Morgan fingerprint density at radius 1 is 0.731 bits per heavy atom. The van der Waals surface area contributed by atoms with Crippen LogP contribution in [0.4, 0.5) is 0 Å². The van der Waals surface area contributed by atoms with E-state index in [1.165, 1.54) is 0 Å². The standard InChI is InChI=1S/C15H35N3O6S2/c1-17(2,9-5-13-25(19,20)21)11-7-15(16)8-12-18(3,4)10-6-14-26(22,23)24/h15H,5-14,16H2,1-4H3. The lowest BCUT2D eigenvalue weighted by Crippen LogP contribution is -2.46. The Kier molecular flexibility index (Phi) is 10.2. The summed E-state index contributed by atoms with van der Waals surface area (Å²) in [6.45, 7) is 2.75. The van der Waals surface area contributed by atoms with E-state index < -0.39 is 20.2 Å². The molecule has 0 saturated heterocycles. The fourth-order valence-electron chi connectivity index (χ4n) is 2.74. The lowest BCUT2D eigenvalue weighted by atomic mass is 10.1. The van der Waals surface area contributed by atoms with E-state index in [2.05, 4.69) is 0 Å². The van der Waals surface area contributed by atoms with Crippen LogP contribution in [0.15, 0.2) is 0 Å². The maximum atomic E-state index is 10.7. The van der Waals surface area contributed by atoms with E-state index in [0.29, 0.717) is 34.9 Å². The molecule has 0 radical (unpaired) electrons. The van der Waals surface area contributed by atoms with Gasteiger partial charge in [-0.1, -0.05) is 0 Å². The second kappa shape index (κ2) is 10.3. The number of rotatable bonds is 14. The Balaban J connectivity index is 4.14. The van der Waals surface area contributed by atoms with Crippen molar-refractivity contribution in [1.29, 1.82) is 0 Å². The highest BCUT2D eigenvalue weighted by molar-refractivity contribution is 7.85. The molecule has 0 unspecified atom stereocenters. The van der Waals surface area contributed by atoms with E-state index in [4.69, 9.17) is 5.73 Å². The fourth-order valence-corrected chi connectivity index (χ4v) is 3.70. The van der Waals surface area contributed by atoms with Gasteiger partial charge in [-0.3, -0.25) is 0 Å². The molecule has 2 N–H and O–H groups in total. The Labute approximate surface area is 158 Å². The quantitative estimate of drug-likeness (QED) is 0.286. The van der Waals surface area contributed by atoms with E-state index in [1.54, 1.807) is 0 Å². The van der Waals surface area contributed by atoms with Crippen LogP contribution in [-0.2, 0) is 20.2 Å². The molecule has 0 atom stereocenters. The van der Waals surface area contributed by atoms with Crippen molar-refractivity contribution in [3.8, 4) is 0 Å². The van der Waals surface area contributed by atoms with Gasteiger partial charge in [-0.15, -0.1) is 0 Å². The van der Waals surface area contributed by atoms with Crippen molar-refractivity contribution in [3.63, 3.8) is 0 Å². The maximum Gasteiger partial charge on any atom is 0.0948 e. The summed E-state index contributed by atoms with van der Waals surface area (Å²) in [5.74, 6) is -0.684. The van der Waals surface area contributed by atoms with Crippen LogP contribution < -0.4 is 5.73 Å². The average Bonchev–Trinajstić information content (AvgIpc) is 2.39. The van der Waals surface area contributed by atoms with Crippen LogP contribution in [0, 0.1) is 0 Å². The van der Waals surface area contributed by atoms with Gasteiger partial charge in [0.05, 0.1) is 74.6 Å². The highest BCUT2D eigenvalue weighted by Gasteiger charge is 2.20. The SMILES string of the molecule is C[N+](C)(CCCS(=O)(=O)[O-])CCC(N)CC[N+](C)(C)CCCS(=O)(=O)[O-]. The summed E-state index contributed by atoms with van der Waals surface area (Å²) < 4.78 is 65.1. The lowest BCUT2D eigenvalue weighted by molar-refractivity contribution is -0.892. The van der Waals surface area contributed by atoms with Gasteiger partial charge in [0.1, 0.15) is 0 Å². The first-order chi connectivity index (χ1) is 11.5. The van der Waals surface area contributed by atoms with Crippen LogP contribution in [0.3, 0.4) is 0 Å². The summed E-state index contributed by atoms with van der Waals surface area (Å²) in [7, 11) is -0.409. The summed E-state index contributed by atoms with van der Waals surface area (Å²) >= 11 is 0. The molecule has 26 heavy (non-hydrogen) atoms. The van der Waals surface area contributed by atoms with Crippen molar-refractivity contribution < 1.29 is 34.9 Å². The Bertz CT molecular complexity index is 563. The molecule has 0 heterocycles. The maximum absolute atomic E-state index is 10.7. The molecule has 0 saturated carbocycles. The molecule has 0 spiro atoms. The molecule has 0 aliphatic heterocycles. The minimum absolute atomic E-state index is 0.0173. The molecular weight excluding hydrogens is 382 g/mol. The minimum Gasteiger partial charge on any atom is -0.748 e. The van der Waals surface area contributed by atoms with Crippen LogP contribution in [0.5, 0.6) is 0 Å². The van der Waals surface area contributed by atoms with Crippen molar-refractivity contribution >= 4 is 20.2 Å². The zero-order chi connectivity index (χ0) is 20.6.